The van der Waals surface area contributed by atoms with E-state index in [4.69, 9.17) is 0 Å². The summed E-state index contributed by atoms with van der Waals surface area (Å²) < 4.78 is 3.86. The number of hydrogen-bond donors (Lipinski definition) is 0. The maximum Gasteiger partial charge on any atom is 0.241 e. The molecule has 4 nitrogen and oxygen atoms in total. The van der Waals surface area contributed by atoms with Crippen molar-refractivity contribution in [2.24, 2.45) is 7.05 Å². The van der Waals surface area contributed by atoms with Crippen molar-refractivity contribution in [2.45, 2.75) is 25.7 Å². The number of rotatable bonds is 9. The van der Waals surface area contributed by atoms with Crippen molar-refractivity contribution in [3.05, 3.63) is 193 Å². The third kappa shape index (κ3) is 9.76. The summed E-state index contributed by atoms with van der Waals surface area (Å²) in [5, 5.41) is 0. The van der Waals surface area contributed by atoms with Gasteiger partial charge in [0.1, 0.15) is 0 Å². The van der Waals surface area contributed by atoms with Gasteiger partial charge < -0.3 is 19.1 Å². The molecule has 0 aliphatic heterocycles. The second-order valence-electron chi connectivity index (χ2n) is 11.1. The van der Waals surface area contributed by atoms with Crippen molar-refractivity contribution in [3.8, 4) is 28.2 Å². The largest absolute Gasteiger partial charge is 0.348 e. The van der Waals surface area contributed by atoms with Gasteiger partial charge in [0, 0.05) is 44.9 Å². The molecule has 0 aliphatic carbocycles. The Labute approximate surface area is 291 Å². The molecule has 0 bridgehead atoms. The first-order valence-electron chi connectivity index (χ1n) is 15.5. The Bertz CT molecular complexity index is 1880. The van der Waals surface area contributed by atoms with Crippen LogP contribution in [-0.4, -0.2) is 14.5 Å². The van der Waals surface area contributed by atoms with Crippen molar-refractivity contribution >= 4 is 0 Å². The summed E-state index contributed by atoms with van der Waals surface area (Å²) in [6.07, 6.45) is 15.0. The van der Waals surface area contributed by atoms with Gasteiger partial charge in [-0.05, 0) is 53.4 Å². The summed E-state index contributed by atoms with van der Waals surface area (Å²) in [7, 11) is 1.97. The maximum atomic E-state index is 4.63. The van der Waals surface area contributed by atoms with Crippen LogP contribution in [0, 0.1) is 24.5 Å². The van der Waals surface area contributed by atoms with E-state index in [9.17, 15) is 0 Å². The van der Waals surface area contributed by atoms with Crippen LogP contribution in [-0.2, 0) is 52.8 Å². The zero-order valence-electron chi connectivity index (χ0n) is 26.3. The van der Waals surface area contributed by atoms with Gasteiger partial charge in [-0.2, -0.15) is 29.8 Å². The molecule has 0 saturated heterocycles. The molecule has 235 valence electrons. The van der Waals surface area contributed by atoms with Gasteiger partial charge in [0.2, 0.25) is 6.33 Å². The molecule has 5 heteroatoms. The Hall–Kier alpha value is -4.96. The molecule has 3 aromatic heterocycles. The molecule has 1 radical (unpaired) electrons. The molecule has 4 aromatic carbocycles. The number of hydrogen-bond acceptors (Lipinski definition) is 2. The summed E-state index contributed by atoms with van der Waals surface area (Å²) in [6, 6.07) is 51.0. The minimum absolute atomic E-state index is 0. The van der Waals surface area contributed by atoms with Crippen LogP contribution in [0.3, 0.4) is 0 Å². The Kier molecular flexibility index (Phi) is 12.1. The molecule has 0 fully saturated rings. The third-order valence-corrected chi connectivity index (χ3v) is 7.68. The molecule has 0 unspecified atom stereocenters. The number of aromatic nitrogens is 4. The molecule has 47 heavy (non-hydrogen) atoms. The van der Waals surface area contributed by atoms with Crippen LogP contribution in [0.5, 0.6) is 0 Å². The molecule has 0 saturated carbocycles. The zero-order valence-corrected chi connectivity index (χ0v) is 28.7. The van der Waals surface area contributed by atoms with Crippen molar-refractivity contribution in [1.82, 2.24) is 14.5 Å². The minimum Gasteiger partial charge on any atom is -0.348 e. The SMILES string of the molecule is C[n+]1[c-]n(-c2[c-]cc(CCc3cccc(CCc4ccc(-c5[c-]cccc5)nc4)c3)cc2)cc1.[Ir].[c-]1ccccc1-c1ccccn1. The van der Waals surface area contributed by atoms with Gasteiger partial charge >= 0.3 is 0 Å². The van der Waals surface area contributed by atoms with Gasteiger partial charge in [-0.25, -0.2) is 0 Å². The van der Waals surface area contributed by atoms with E-state index >= 15 is 0 Å². The zero-order chi connectivity index (χ0) is 31.4. The van der Waals surface area contributed by atoms with Crippen LogP contribution < -0.4 is 4.57 Å². The van der Waals surface area contributed by atoms with E-state index < -0.39 is 0 Å². The first-order chi connectivity index (χ1) is 22.7. The van der Waals surface area contributed by atoms with Gasteiger partial charge in [-0.15, -0.1) is 71.8 Å². The van der Waals surface area contributed by atoms with Crippen LogP contribution >= 0.6 is 0 Å². The van der Waals surface area contributed by atoms with Crippen molar-refractivity contribution in [3.63, 3.8) is 0 Å². The molecular weight excluding hydrogens is 753 g/mol. The van der Waals surface area contributed by atoms with E-state index in [0.29, 0.717) is 0 Å². The number of imidazole rings is 1. The van der Waals surface area contributed by atoms with E-state index in [0.717, 1.165) is 53.9 Å². The maximum absolute atomic E-state index is 4.63. The van der Waals surface area contributed by atoms with Crippen LogP contribution in [0.25, 0.3) is 28.2 Å². The van der Waals surface area contributed by atoms with Crippen molar-refractivity contribution in [1.29, 1.82) is 0 Å². The second-order valence-corrected chi connectivity index (χ2v) is 11.1. The Balaban J connectivity index is 0.000000280. The fourth-order valence-electron chi connectivity index (χ4n) is 5.17. The van der Waals surface area contributed by atoms with E-state index in [-0.39, 0.29) is 20.1 Å². The van der Waals surface area contributed by atoms with Crippen LogP contribution in [0.2, 0.25) is 0 Å². The average molecular weight is 788 g/mol. The van der Waals surface area contributed by atoms with Crippen molar-refractivity contribution < 1.29 is 24.7 Å². The van der Waals surface area contributed by atoms with E-state index in [1.165, 1.54) is 22.3 Å². The van der Waals surface area contributed by atoms with Crippen LogP contribution in [0.15, 0.2) is 146 Å². The molecular formula is C42H35IrN4-3. The summed E-state index contributed by atoms with van der Waals surface area (Å²) >= 11 is 0. The molecule has 0 spiro atoms. The summed E-state index contributed by atoms with van der Waals surface area (Å²) in [4.78, 5) is 8.85. The molecule has 0 atom stereocenters. The normalized spacial score (nSPS) is 10.4. The smallest absolute Gasteiger partial charge is 0.241 e. The van der Waals surface area contributed by atoms with E-state index in [1.807, 2.05) is 102 Å². The number of aryl methyl sites for hydroxylation is 5. The first kappa shape index (κ1) is 33.4. The molecule has 0 N–H and O–H groups in total. The first-order valence-corrected chi connectivity index (χ1v) is 15.5. The molecule has 0 aliphatic rings. The van der Waals surface area contributed by atoms with Gasteiger partial charge in [0.05, 0.1) is 7.05 Å². The Morgan fingerprint density at radius 1 is 0.617 bits per heavy atom. The summed E-state index contributed by atoms with van der Waals surface area (Å²) in [5.41, 5.74) is 10.3. The standard InChI is InChI=1S/C31H27N3.C11H8N.Ir/c1-33-20-21-34(24-33)30-17-14-25(15-18-30)10-11-26-6-5-7-27(22-26)12-13-28-16-19-31(32-23-28)29-8-3-2-4-9-29;1-2-6-10(7-3-1)11-8-4-5-9-12-11;/h2-8,14-17,19-23H,10-13H2,1H3;1-6,8-9H;/q-2;-1;. The Morgan fingerprint density at radius 3 is 1.83 bits per heavy atom. The van der Waals surface area contributed by atoms with E-state index in [2.05, 4.69) is 89.1 Å². The van der Waals surface area contributed by atoms with Gasteiger partial charge in [0.25, 0.3) is 0 Å². The summed E-state index contributed by atoms with van der Waals surface area (Å²) in [6.45, 7) is 0. The number of benzene rings is 4. The van der Waals surface area contributed by atoms with Crippen LogP contribution in [0.4, 0.5) is 0 Å². The second kappa shape index (κ2) is 17.1. The third-order valence-electron chi connectivity index (χ3n) is 7.68. The molecule has 7 aromatic rings. The summed E-state index contributed by atoms with van der Waals surface area (Å²) in [5.74, 6) is 0. The molecule has 7 rings (SSSR count). The number of nitrogens with zero attached hydrogens (tertiary/aromatic N) is 4. The number of pyridine rings is 2. The van der Waals surface area contributed by atoms with E-state index in [1.54, 1.807) is 6.20 Å². The van der Waals surface area contributed by atoms with Crippen LogP contribution in [0.1, 0.15) is 22.3 Å². The Morgan fingerprint density at radius 2 is 1.28 bits per heavy atom. The van der Waals surface area contributed by atoms with Gasteiger partial charge in [-0.1, -0.05) is 60.6 Å². The molecule has 3 heterocycles. The minimum atomic E-state index is 0. The van der Waals surface area contributed by atoms with Gasteiger partial charge in [-0.3, -0.25) is 0 Å². The van der Waals surface area contributed by atoms with Crippen molar-refractivity contribution in [2.75, 3.05) is 0 Å². The average Bonchev–Trinajstić information content (AvgIpc) is 3.58. The quantitative estimate of drug-likeness (QED) is 0.110. The fraction of sp³-hybridized carbons (Fsp3) is 0.119. The fourth-order valence-corrected chi connectivity index (χ4v) is 5.17. The van der Waals surface area contributed by atoms with Gasteiger partial charge in [0.15, 0.2) is 0 Å². The monoisotopic (exact) mass is 788 g/mol. The molecule has 0 amide bonds. The predicted molar refractivity (Wildman–Crippen MR) is 183 cm³/mol. The predicted octanol–water partition coefficient (Wildman–Crippen LogP) is 7.88. The topological polar surface area (TPSA) is 34.6 Å².